The van der Waals surface area contributed by atoms with Crippen LogP contribution in [0.25, 0.3) is 0 Å². The van der Waals surface area contributed by atoms with E-state index in [1.54, 1.807) is 87.0 Å². The number of phosphoric acid groups is 1. The van der Waals surface area contributed by atoms with Crippen LogP contribution in [-0.4, -0.2) is 163 Å². The maximum Gasteiger partial charge on any atom is 0.471 e. The number of hydrogen-bond acceptors (Lipinski definition) is 17. The molecule has 3 aromatic rings. The van der Waals surface area contributed by atoms with Gasteiger partial charge in [-0.3, -0.25) is 47.4 Å². The van der Waals surface area contributed by atoms with Gasteiger partial charge in [0.15, 0.2) is 5.78 Å². The van der Waals surface area contributed by atoms with Gasteiger partial charge in [-0.05, 0) is 105 Å². The SMILES string of the molecule is COc1ccc(C(=O)NCCCNC(=O)CCOCC(COCCC(=O)CCCCCC(=O)c2ccc(CO)cc2)(COCCC(=O)NCCCNC(=O)c2ccc(OC)cc2)NC(=O)CCCCCCCCCCC(=O)NCCCCCCOP(=O)(O)OC)cc1. The molecule has 0 saturated carbocycles. The second-order valence-corrected chi connectivity index (χ2v) is 24.1. The Morgan fingerprint density at radius 1 is 0.413 bits per heavy atom. The molecule has 514 valence electrons. The second-order valence-electron chi connectivity index (χ2n) is 22.6. The first-order chi connectivity index (χ1) is 44.5. The number of ketones is 2. The average Bonchev–Trinajstić information content (AvgIpc) is 1.39. The van der Waals surface area contributed by atoms with Crippen molar-refractivity contribution in [3.05, 3.63) is 95.1 Å². The van der Waals surface area contributed by atoms with E-state index in [1.807, 2.05) is 0 Å². The highest BCUT2D eigenvalue weighted by Crippen LogP contribution is 2.42. The van der Waals surface area contributed by atoms with E-state index in [0.29, 0.717) is 125 Å². The van der Waals surface area contributed by atoms with Crippen LogP contribution in [-0.2, 0) is 58.4 Å². The lowest BCUT2D eigenvalue weighted by atomic mass is 10.0. The highest BCUT2D eigenvalue weighted by molar-refractivity contribution is 7.47. The van der Waals surface area contributed by atoms with Crippen LogP contribution < -0.4 is 41.4 Å². The lowest BCUT2D eigenvalue weighted by Crippen LogP contribution is -2.58. The van der Waals surface area contributed by atoms with Crippen molar-refractivity contribution in [2.75, 3.05) is 100 Å². The summed E-state index contributed by atoms with van der Waals surface area (Å²) in [6.45, 7) is 1.47. The Kier molecular flexibility index (Phi) is 42.4. The molecule has 0 aliphatic heterocycles. The summed E-state index contributed by atoms with van der Waals surface area (Å²) < 4.78 is 49.2. The molecule has 8 N–H and O–H groups in total. The summed E-state index contributed by atoms with van der Waals surface area (Å²) in [6.07, 6.45) is 14.3. The van der Waals surface area contributed by atoms with Crippen LogP contribution in [0.1, 0.15) is 191 Å². The van der Waals surface area contributed by atoms with Gasteiger partial charge in [0.2, 0.25) is 23.6 Å². The normalized spacial score (nSPS) is 11.9. The summed E-state index contributed by atoms with van der Waals surface area (Å²) in [5, 5.41) is 26.7. The van der Waals surface area contributed by atoms with Crippen molar-refractivity contribution in [1.29, 1.82) is 0 Å². The predicted molar refractivity (Wildman–Crippen MR) is 348 cm³/mol. The molecular formula is C67H103N6O18P. The fourth-order valence-corrected chi connectivity index (χ4v) is 9.89. The molecule has 6 amide bonds. The highest BCUT2D eigenvalue weighted by atomic mass is 31.2. The van der Waals surface area contributed by atoms with Crippen molar-refractivity contribution in [3.63, 3.8) is 0 Å². The number of methoxy groups -OCH3 is 2. The van der Waals surface area contributed by atoms with Crippen LogP contribution in [0.2, 0.25) is 0 Å². The Hall–Kier alpha value is -6.63. The zero-order valence-corrected chi connectivity index (χ0v) is 55.4. The van der Waals surface area contributed by atoms with Crippen LogP contribution in [0.4, 0.5) is 0 Å². The van der Waals surface area contributed by atoms with Crippen molar-refractivity contribution in [2.24, 2.45) is 0 Å². The van der Waals surface area contributed by atoms with E-state index in [1.165, 1.54) is 0 Å². The highest BCUT2D eigenvalue weighted by Gasteiger charge is 2.34. The number of unbranched alkanes of at least 4 members (excludes halogenated alkanes) is 12. The van der Waals surface area contributed by atoms with Crippen molar-refractivity contribution < 1.29 is 85.7 Å². The molecule has 0 aliphatic carbocycles. The van der Waals surface area contributed by atoms with Gasteiger partial charge in [-0.1, -0.05) is 82.1 Å². The van der Waals surface area contributed by atoms with E-state index >= 15 is 0 Å². The fourth-order valence-electron chi connectivity index (χ4n) is 9.42. The monoisotopic (exact) mass is 1310 g/mol. The molecule has 0 radical (unpaired) electrons. The average molecular weight is 1310 g/mol. The number of aliphatic hydroxyl groups is 1. The maximum absolute atomic E-state index is 13.9. The Bertz CT molecular complexity index is 2430. The summed E-state index contributed by atoms with van der Waals surface area (Å²) in [6, 6.07) is 20.3. The van der Waals surface area contributed by atoms with E-state index in [2.05, 4.69) is 36.4 Å². The molecule has 0 aliphatic rings. The number of benzene rings is 3. The molecule has 0 fully saturated rings. The number of amides is 6. The number of aliphatic hydroxyl groups excluding tert-OH is 1. The number of carbonyl (C=O) groups excluding carboxylic acids is 8. The first-order valence-electron chi connectivity index (χ1n) is 32.5. The summed E-state index contributed by atoms with van der Waals surface area (Å²) in [7, 11) is 0.259. The Morgan fingerprint density at radius 2 is 0.804 bits per heavy atom. The molecule has 92 heavy (non-hydrogen) atoms. The number of ether oxygens (including phenoxy) is 5. The standard InChI is InChI=1S/C67H103N6O18P/c1-85-58-33-29-55(30-34-58)65(81)71-43-19-41-69-62(78)38-47-89-51-67(50-88-46-37-57(75)21-13-12-14-22-60(76)54-27-25-53(49-74)26-28-54,52-90-48-39-63(79)70-42-20-44-72-66(82)56-31-35-59(86-2)36-32-56)73-64(80)24-16-9-7-5-4-6-8-15-23-61(77)68-40-17-10-11-18-45-91-92(83,84)87-3/h25-36,74H,4-24,37-52H2,1-3H3,(H,68,77)(H,69,78)(H,70,79)(H,71,81)(H,72,82)(H,73,80)(H,83,84). The molecule has 24 nitrogen and oxygen atoms in total. The largest absolute Gasteiger partial charge is 0.497 e. The van der Waals surface area contributed by atoms with Crippen LogP contribution >= 0.6 is 7.82 Å². The number of Topliss-reactive ketones (excluding diaryl/α,β-unsaturated/α-hetero) is 2. The molecule has 0 aromatic heterocycles. The maximum atomic E-state index is 13.9. The van der Waals surface area contributed by atoms with E-state index in [9.17, 15) is 52.9 Å². The van der Waals surface area contributed by atoms with Gasteiger partial charge in [-0.15, -0.1) is 0 Å². The molecule has 0 spiro atoms. The zero-order chi connectivity index (χ0) is 66.9. The lowest BCUT2D eigenvalue weighted by molar-refractivity contribution is -0.130. The Morgan fingerprint density at radius 3 is 1.29 bits per heavy atom. The van der Waals surface area contributed by atoms with Gasteiger partial charge < -0.3 is 65.6 Å². The van der Waals surface area contributed by atoms with Crippen molar-refractivity contribution in [1.82, 2.24) is 31.9 Å². The van der Waals surface area contributed by atoms with Gasteiger partial charge in [0.25, 0.3) is 11.8 Å². The van der Waals surface area contributed by atoms with Gasteiger partial charge >= 0.3 is 7.82 Å². The topological polar surface area (TPSA) is 331 Å². The van der Waals surface area contributed by atoms with E-state index in [-0.39, 0.29) is 126 Å². The molecule has 3 rings (SSSR count). The van der Waals surface area contributed by atoms with Crippen molar-refractivity contribution in [2.45, 2.75) is 166 Å². The second kappa shape index (κ2) is 49.0. The summed E-state index contributed by atoms with van der Waals surface area (Å²) in [5.41, 5.74) is 0.969. The molecule has 25 heteroatoms. The fraction of sp³-hybridized carbons (Fsp3) is 0.612. The van der Waals surface area contributed by atoms with Crippen molar-refractivity contribution in [3.8, 4) is 11.5 Å². The van der Waals surface area contributed by atoms with Crippen molar-refractivity contribution >= 4 is 54.8 Å². The van der Waals surface area contributed by atoms with Gasteiger partial charge in [-0.2, -0.15) is 0 Å². The first kappa shape index (κ1) is 79.6. The molecule has 0 heterocycles. The lowest BCUT2D eigenvalue weighted by Gasteiger charge is -2.34. The zero-order valence-electron chi connectivity index (χ0n) is 54.5. The minimum atomic E-state index is -3.95. The third kappa shape index (κ3) is 37.8. The Labute approximate surface area is 543 Å². The Balaban J connectivity index is 1.54. The third-order valence-electron chi connectivity index (χ3n) is 14.9. The van der Waals surface area contributed by atoms with Gasteiger partial charge in [-0.25, -0.2) is 4.57 Å². The molecule has 0 bridgehead atoms. The third-order valence-corrected chi connectivity index (χ3v) is 15.9. The minimum absolute atomic E-state index is 0.000583. The number of hydrogen-bond donors (Lipinski definition) is 8. The number of phosphoric ester groups is 1. The van der Waals surface area contributed by atoms with Gasteiger partial charge in [0.05, 0.1) is 67.1 Å². The number of rotatable bonds is 56. The van der Waals surface area contributed by atoms with Gasteiger partial charge in [0, 0.05) is 101 Å². The van der Waals surface area contributed by atoms with Crippen LogP contribution in [0.3, 0.4) is 0 Å². The molecule has 0 saturated heterocycles. The quantitative estimate of drug-likeness (QED) is 0.0150. The van der Waals surface area contributed by atoms with E-state index < -0.39 is 13.4 Å². The van der Waals surface area contributed by atoms with Crippen LogP contribution in [0.15, 0.2) is 72.8 Å². The first-order valence-corrected chi connectivity index (χ1v) is 34.0. The van der Waals surface area contributed by atoms with Gasteiger partial charge in [0.1, 0.15) is 22.8 Å². The smallest absolute Gasteiger partial charge is 0.471 e. The minimum Gasteiger partial charge on any atom is -0.497 e. The predicted octanol–water partition coefficient (Wildman–Crippen LogP) is 8.19. The number of nitrogens with one attached hydrogen (secondary N) is 6. The summed E-state index contributed by atoms with van der Waals surface area (Å²) >= 11 is 0. The molecule has 3 aromatic carbocycles. The van der Waals surface area contributed by atoms with E-state index in [4.69, 9.17) is 28.2 Å². The summed E-state index contributed by atoms with van der Waals surface area (Å²) in [5.74, 6) is -0.0820. The number of carbonyl (C=O) groups is 8. The molecule has 1 unspecified atom stereocenters. The molecular weight excluding hydrogens is 1210 g/mol. The van der Waals surface area contributed by atoms with Crippen LogP contribution in [0, 0.1) is 0 Å². The molecule has 1 atom stereocenters. The van der Waals surface area contributed by atoms with E-state index in [0.717, 1.165) is 76.9 Å². The van der Waals surface area contributed by atoms with Crippen LogP contribution in [0.5, 0.6) is 11.5 Å². The summed E-state index contributed by atoms with van der Waals surface area (Å²) in [4.78, 5) is 112.